The van der Waals surface area contributed by atoms with Crippen molar-refractivity contribution < 1.29 is 5.11 Å². The predicted octanol–water partition coefficient (Wildman–Crippen LogP) is 2.53. The van der Waals surface area contributed by atoms with Crippen molar-refractivity contribution in [3.05, 3.63) is 22.9 Å². The highest BCUT2D eigenvalue weighted by Gasteiger charge is 2.23. The van der Waals surface area contributed by atoms with Crippen molar-refractivity contribution in [1.82, 2.24) is 4.98 Å². The summed E-state index contributed by atoms with van der Waals surface area (Å²) in [4.78, 5) is 4.40. The van der Waals surface area contributed by atoms with E-state index < -0.39 is 0 Å². The second-order valence-corrected chi connectivity index (χ2v) is 5.41. The van der Waals surface area contributed by atoms with Gasteiger partial charge in [-0.1, -0.05) is 12.8 Å². The van der Waals surface area contributed by atoms with Gasteiger partial charge in [-0.3, -0.25) is 0 Å². The van der Waals surface area contributed by atoms with Crippen LogP contribution in [0.15, 0.2) is 6.07 Å². The van der Waals surface area contributed by atoms with Gasteiger partial charge in [-0.05, 0) is 38.3 Å². The third-order valence-electron chi connectivity index (χ3n) is 3.86. The van der Waals surface area contributed by atoms with Crippen LogP contribution in [0.1, 0.15) is 42.5 Å². The number of aliphatic hydroxyl groups is 1. The molecule has 2 unspecified atom stereocenters. The number of aromatic nitrogens is 1. The lowest BCUT2D eigenvalue weighted by molar-refractivity contribution is 0.0763. The Labute approximate surface area is 114 Å². The SMILES string of the molecule is Cc1cc(C)c(C#N)c(NCC2CCCCC2O)n1. The van der Waals surface area contributed by atoms with E-state index in [1.807, 2.05) is 19.9 Å². The highest BCUT2D eigenvalue weighted by atomic mass is 16.3. The van der Waals surface area contributed by atoms with Crippen LogP contribution in [0.2, 0.25) is 0 Å². The van der Waals surface area contributed by atoms with Gasteiger partial charge in [0.1, 0.15) is 11.9 Å². The molecule has 1 saturated carbocycles. The monoisotopic (exact) mass is 259 g/mol. The van der Waals surface area contributed by atoms with E-state index in [1.165, 1.54) is 6.42 Å². The first-order valence-corrected chi connectivity index (χ1v) is 6.92. The van der Waals surface area contributed by atoms with Crippen LogP contribution in [0.3, 0.4) is 0 Å². The summed E-state index contributed by atoms with van der Waals surface area (Å²) in [7, 11) is 0. The van der Waals surface area contributed by atoms with E-state index in [4.69, 9.17) is 0 Å². The first-order valence-electron chi connectivity index (χ1n) is 6.92. The fourth-order valence-corrected chi connectivity index (χ4v) is 2.76. The van der Waals surface area contributed by atoms with Gasteiger partial charge in [0.25, 0.3) is 0 Å². The summed E-state index contributed by atoms with van der Waals surface area (Å²) in [6.45, 7) is 4.54. The Hall–Kier alpha value is -1.60. The average Bonchev–Trinajstić information content (AvgIpc) is 2.37. The van der Waals surface area contributed by atoms with Crippen LogP contribution in [0, 0.1) is 31.1 Å². The second-order valence-electron chi connectivity index (χ2n) is 5.41. The van der Waals surface area contributed by atoms with Crippen LogP contribution in [0.25, 0.3) is 0 Å². The standard InChI is InChI=1S/C15H21N3O/c1-10-7-11(2)18-15(13(10)8-16)17-9-12-5-3-4-6-14(12)19/h7,12,14,19H,3-6,9H2,1-2H3,(H,17,18). The zero-order valence-electron chi connectivity index (χ0n) is 11.6. The van der Waals surface area contributed by atoms with Gasteiger partial charge < -0.3 is 10.4 Å². The van der Waals surface area contributed by atoms with Crippen molar-refractivity contribution in [1.29, 1.82) is 5.26 Å². The smallest absolute Gasteiger partial charge is 0.144 e. The molecule has 4 heteroatoms. The Morgan fingerprint density at radius 3 is 2.84 bits per heavy atom. The summed E-state index contributed by atoms with van der Waals surface area (Å²) in [6.07, 6.45) is 3.99. The van der Waals surface area contributed by atoms with Crippen LogP contribution >= 0.6 is 0 Å². The fraction of sp³-hybridized carbons (Fsp3) is 0.600. The molecule has 0 aromatic carbocycles. The van der Waals surface area contributed by atoms with Gasteiger partial charge >= 0.3 is 0 Å². The van der Waals surface area contributed by atoms with Crippen molar-refractivity contribution >= 4 is 5.82 Å². The number of aryl methyl sites for hydroxylation is 2. The highest BCUT2D eigenvalue weighted by molar-refractivity contribution is 5.56. The molecule has 0 saturated heterocycles. The van der Waals surface area contributed by atoms with E-state index in [-0.39, 0.29) is 12.0 Å². The second kappa shape index (κ2) is 6.03. The number of aliphatic hydroxyl groups excluding tert-OH is 1. The van der Waals surface area contributed by atoms with Crippen LogP contribution < -0.4 is 5.32 Å². The van der Waals surface area contributed by atoms with Gasteiger partial charge in [-0.15, -0.1) is 0 Å². The minimum absolute atomic E-state index is 0.224. The summed E-state index contributed by atoms with van der Waals surface area (Å²) in [5.74, 6) is 0.917. The number of anilines is 1. The lowest BCUT2D eigenvalue weighted by atomic mass is 9.86. The molecule has 0 radical (unpaired) electrons. The first-order chi connectivity index (χ1) is 9.11. The van der Waals surface area contributed by atoms with Crippen LogP contribution in [-0.4, -0.2) is 22.7 Å². The Balaban J connectivity index is 2.09. The summed E-state index contributed by atoms with van der Waals surface area (Å²) in [5, 5.41) is 22.4. The normalized spacial score (nSPS) is 22.8. The summed E-state index contributed by atoms with van der Waals surface area (Å²) in [6, 6.07) is 4.12. The van der Waals surface area contributed by atoms with Crippen LogP contribution in [-0.2, 0) is 0 Å². The number of nitrogens with one attached hydrogen (secondary N) is 1. The zero-order valence-corrected chi connectivity index (χ0v) is 11.6. The molecule has 2 atom stereocenters. The molecule has 1 heterocycles. The number of hydrogen-bond donors (Lipinski definition) is 2. The molecule has 1 aromatic rings. The molecule has 0 aliphatic heterocycles. The molecule has 2 N–H and O–H groups in total. The Morgan fingerprint density at radius 2 is 2.16 bits per heavy atom. The van der Waals surface area contributed by atoms with Crippen molar-refractivity contribution in [2.75, 3.05) is 11.9 Å². The maximum Gasteiger partial charge on any atom is 0.144 e. The van der Waals surface area contributed by atoms with E-state index in [0.29, 0.717) is 17.9 Å². The molecule has 1 fully saturated rings. The van der Waals surface area contributed by atoms with Crippen molar-refractivity contribution in [3.8, 4) is 6.07 Å². The number of pyridine rings is 1. The van der Waals surface area contributed by atoms with Gasteiger partial charge in [0.2, 0.25) is 0 Å². The summed E-state index contributed by atoms with van der Waals surface area (Å²) in [5.41, 5.74) is 2.46. The molecular formula is C15H21N3O. The molecule has 102 valence electrons. The first kappa shape index (κ1) is 13.8. The molecule has 4 nitrogen and oxygen atoms in total. The number of nitriles is 1. The van der Waals surface area contributed by atoms with Crippen molar-refractivity contribution in [2.24, 2.45) is 5.92 Å². The molecule has 19 heavy (non-hydrogen) atoms. The van der Waals surface area contributed by atoms with Gasteiger partial charge in [0.05, 0.1) is 11.7 Å². The molecule has 1 aliphatic rings. The summed E-state index contributed by atoms with van der Waals surface area (Å²) >= 11 is 0. The van der Waals surface area contributed by atoms with Gasteiger partial charge in [-0.25, -0.2) is 4.98 Å². The average molecular weight is 259 g/mol. The highest BCUT2D eigenvalue weighted by Crippen LogP contribution is 2.25. The van der Waals surface area contributed by atoms with E-state index in [9.17, 15) is 10.4 Å². The fourth-order valence-electron chi connectivity index (χ4n) is 2.76. The minimum Gasteiger partial charge on any atom is -0.393 e. The molecule has 1 aliphatic carbocycles. The predicted molar refractivity (Wildman–Crippen MR) is 74.9 cm³/mol. The molecule has 0 bridgehead atoms. The molecule has 2 rings (SSSR count). The quantitative estimate of drug-likeness (QED) is 0.875. The van der Waals surface area contributed by atoms with E-state index >= 15 is 0 Å². The lowest BCUT2D eigenvalue weighted by Crippen LogP contribution is -2.30. The van der Waals surface area contributed by atoms with Crippen LogP contribution in [0.5, 0.6) is 0 Å². The largest absolute Gasteiger partial charge is 0.393 e. The van der Waals surface area contributed by atoms with E-state index in [1.54, 1.807) is 0 Å². The van der Waals surface area contributed by atoms with Crippen molar-refractivity contribution in [3.63, 3.8) is 0 Å². The van der Waals surface area contributed by atoms with Crippen molar-refractivity contribution in [2.45, 2.75) is 45.6 Å². The van der Waals surface area contributed by atoms with E-state index in [0.717, 1.165) is 30.5 Å². The molecule has 0 amide bonds. The topological polar surface area (TPSA) is 68.9 Å². The lowest BCUT2D eigenvalue weighted by Gasteiger charge is -2.28. The number of rotatable bonds is 3. The zero-order chi connectivity index (χ0) is 13.8. The maximum atomic E-state index is 9.96. The van der Waals surface area contributed by atoms with E-state index in [2.05, 4.69) is 16.4 Å². The van der Waals surface area contributed by atoms with Gasteiger partial charge in [-0.2, -0.15) is 5.26 Å². The summed E-state index contributed by atoms with van der Waals surface area (Å²) < 4.78 is 0. The number of hydrogen-bond acceptors (Lipinski definition) is 4. The molecule has 1 aromatic heterocycles. The third-order valence-corrected chi connectivity index (χ3v) is 3.86. The number of nitrogens with zero attached hydrogens (tertiary/aromatic N) is 2. The minimum atomic E-state index is -0.224. The van der Waals surface area contributed by atoms with Gasteiger partial charge in [0, 0.05) is 18.2 Å². The maximum absolute atomic E-state index is 9.96. The Bertz CT molecular complexity index is 493. The third kappa shape index (κ3) is 3.24. The molecule has 0 spiro atoms. The Morgan fingerprint density at radius 1 is 1.42 bits per heavy atom. The van der Waals surface area contributed by atoms with Crippen LogP contribution in [0.4, 0.5) is 5.82 Å². The Kier molecular flexibility index (Phi) is 4.39. The molecular weight excluding hydrogens is 238 g/mol. The van der Waals surface area contributed by atoms with Gasteiger partial charge in [0.15, 0.2) is 0 Å².